The van der Waals surface area contributed by atoms with Gasteiger partial charge in [-0.1, -0.05) is 18.2 Å². The lowest BCUT2D eigenvalue weighted by molar-refractivity contribution is 0.0217. The fraction of sp³-hybridized carbons (Fsp3) is 0.700. The lowest BCUT2D eigenvalue weighted by Gasteiger charge is -2.52. The van der Waals surface area contributed by atoms with E-state index in [1.54, 1.807) is 0 Å². The molecule has 2 saturated heterocycles. The third-order valence-electron chi connectivity index (χ3n) is 6.55. The quantitative estimate of drug-likeness (QED) is 0.733. The molecule has 4 nitrogen and oxygen atoms in total. The highest BCUT2D eigenvalue weighted by Gasteiger charge is 2.45. The van der Waals surface area contributed by atoms with Crippen LogP contribution in [0.2, 0.25) is 0 Å². The van der Waals surface area contributed by atoms with E-state index in [0.717, 1.165) is 38.8 Å². The molecule has 0 aliphatic carbocycles. The molecule has 0 aromatic heterocycles. The maximum absolute atomic E-state index is 12.9. The Bertz CT molecular complexity index is 767. The van der Waals surface area contributed by atoms with Gasteiger partial charge in [0.2, 0.25) is 10.0 Å². The Balaban J connectivity index is 1.63. The SMILES string of the molecule is Cc1cccc2c1[C@@H]1C[C@H]3[C@H](CCCN3S(=O)(=O)CCCCl)CN1CC2. The molecule has 2 fully saturated rings. The van der Waals surface area contributed by atoms with Crippen molar-refractivity contribution in [2.24, 2.45) is 5.92 Å². The lowest BCUT2D eigenvalue weighted by Crippen LogP contribution is -2.57. The standard InChI is InChI=1S/C20H29ClN2O2S/c1-15-5-2-6-16-8-11-22-14-17-7-3-10-23(26(24,25)12-4-9-21)18(17)13-19(22)20(15)16/h2,5-6,17-19H,3-4,7-14H2,1H3/t17-,18+,19+/m1/s1. The Hall–Kier alpha value is -0.620. The van der Waals surface area contributed by atoms with Crippen molar-refractivity contribution in [1.29, 1.82) is 0 Å². The molecule has 6 heteroatoms. The summed E-state index contributed by atoms with van der Waals surface area (Å²) in [6.07, 6.45) is 4.71. The average molecular weight is 397 g/mol. The number of nitrogens with zero attached hydrogens (tertiary/aromatic N) is 2. The molecule has 1 aromatic rings. The number of fused-ring (bicyclic) bond motifs is 4. The predicted octanol–water partition coefficient (Wildman–Crippen LogP) is 3.34. The van der Waals surface area contributed by atoms with E-state index in [4.69, 9.17) is 11.6 Å². The van der Waals surface area contributed by atoms with Crippen LogP contribution in [0.15, 0.2) is 18.2 Å². The van der Waals surface area contributed by atoms with Gasteiger partial charge in [-0.25, -0.2) is 8.42 Å². The largest absolute Gasteiger partial charge is 0.296 e. The van der Waals surface area contributed by atoms with Gasteiger partial charge < -0.3 is 0 Å². The topological polar surface area (TPSA) is 40.6 Å². The molecule has 0 N–H and O–H groups in total. The summed E-state index contributed by atoms with van der Waals surface area (Å²) in [5.74, 6) is 1.06. The second-order valence-electron chi connectivity index (χ2n) is 8.08. The van der Waals surface area contributed by atoms with E-state index in [0.29, 0.717) is 30.8 Å². The van der Waals surface area contributed by atoms with Crippen LogP contribution < -0.4 is 0 Å². The highest BCUT2D eigenvalue weighted by Crippen LogP contribution is 2.44. The Kier molecular flexibility index (Phi) is 5.35. The number of aryl methyl sites for hydroxylation is 1. The third-order valence-corrected chi connectivity index (χ3v) is 8.79. The van der Waals surface area contributed by atoms with Crippen LogP contribution in [0.4, 0.5) is 0 Å². The minimum absolute atomic E-state index is 0.149. The van der Waals surface area contributed by atoms with Crippen molar-refractivity contribution < 1.29 is 8.42 Å². The molecule has 0 saturated carbocycles. The van der Waals surface area contributed by atoms with Gasteiger partial charge in [-0.2, -0.15) is 4.31 Å². The van der Waals surface area contributed by atoms with Gasteiger partial charge in [0.15, 0.2) is 0 Å². The van der Waals surface area contributed by atoms with Crippen LogP contribution in [0, 0.1) is 12.8 Å². The van der Waals surface area contributed by atoms with Crippen molar-refractivity contribution in [2.45, 2.75) is 51.1 Å². The first-order valence-corrected chi connectivity index (χ1v) is 12.0. The van der Waals surface area contributed by atoms with Gasteiger partial charge in [-0.15, -0.1) is 11.6 Å². The Morgan fingerprint density at radius 2 is 2.12 bits per heavy atom. The first kappa shape index (κ1) is 18.7. The van der Waals surface area contributed by atoms with E-state index in [1.807, 2.05) is 4.31 Å². The second-order valence-corrected chi connectivity index (χ2v) is 10.5. The molecule has 144 valence electrons. The smallest absolute Gasteiger partial charge is 0.214 e. The van der Waals surface area contributed by atoms with Crippen LogP contribution in [-0.4, -0.2) is 54.9 Å². The highest BCUT2D eigenvalue weighted by molar-refractivity contribution is 7.89. The van der Waals surface area contributed by atoms with E-state index in [1.165, 1.54) is 16.7 Å². The Labute approximate surface area is 162 Å². The van der Waals surface area contributed by atoms with Crippen molar-refractivity contribution in [3.8, 4) is 0 Å². The van der Waals surface area contributed by atoms with E-state index in [2.05, 4.69) is 30.0 Å². The molecular weight excluding hydrogens is 368 g/mol. The molecule has 0 bridgehead atoms. The summed E-state index contributed by atoms with van der Waals surface area (Å²) >= 11 is 5.76. The van der Waals surface area contributed by atoms with Crippen molar-refractivity contribution >= 4 is 21.6 Å². The molecule has 0 amide bonds. The molecule has 3 aliphatic heterocycles. The number of halogens is 1. The summed E-state index contributed by atoms with van der Waals surface area (Å²) < 4.78 is 27.7. The van der Waals surface area contributed by atoms with Crippen LogP contribution in [-0.2, 0) is 16.4 Å². The minimum Gasteiger partial charge on any atom is -0.296 e. The summed E-state index contributed by atoms with van der Waals surface area (Å²) in [5, 5.41) is 0. The molecule has 4 rings (SSSR count). The van der Waals surface area contributed by atoms with Gasteiger partial charge in [0.1, 0.15) is 0 Å². The highest BCUT2D eigenvalue weighted by atomic mass is 35.5. The zero-order valence-corrected chi connectivity index (χ0v) is 17.1. The monoisotopic (exact) mass is 396 g/mol. The normalized spacial score (nSPS) is 29.7. The van der Waals surface area contributed by atoms with Crippen molar-refractivity contribution in [3.63, 3.8) is 0 Å². The number of hydrogen-bond donors (Lipinski definition) is 0. The summed E-state index contributed by atoms with van der Waals surface area (Å²) in [7, 11) is -3.21. The van der Waals surface area contributed by atoms with E-state index < -0.39 is 10.0 Å². The summed E-state index contributed by atoms with van der Waals surface area (Å²) in [6, 6.07) is 7.12. The molecule has 3 heterocycles. The molecular formula is C20H29ClN2O2S. The molecule has 3 aliphatic rings. The molecule has 26 heavy (non-hydrogen) atoms. The van der Waals surface area contributed by atoms with Crippen molar-refractivity contribution in [3.05, 3.63) is 34.9 Å². The number of benzene rings is 1. The molecule has 0 unspecified atom stereocenters. The lowest BCUT2D eigenvalue weighted by atomic mass is 9.76. The predicted molar refractivity (Wildman–Crippen MR) is 106 cm³/mol. The zero-order chi connectivity index (χ0) is 18.3. The second kappa shape index (κ2) is 7.42. The van der Waals surface area contributed by atoms with Crippen LogP contribution >= 0.6 is 11.6 Å². The molecule has 3 atom stereocenters. The molecule has 1 aromatic carbocycles. The van der Waals surface area contributed by atoms with Crippen LogP contribution in [0.5, 0.6) is 0 Å². The number of piperidine rings is 2. The summed E-state index contributed by atoms with van der Waals surface area (Å²) in [6.45, 7) is 5.01. The van der Waals surface area contributed by atoms with Gasteiger partial charge in [-0.3, -0.25) is 4.90 Å². The molecule has 0 radical (unpaired) electrons. The minimum atomic E-state index is -3.21. The Morgan fingerprint density at radius 1 is 1.27 bits per heavy atom. The van der Waals surface area contributed by atoms with Crippen molar-refractivity contribution in [1.82, 2.24) is 9.21 Å². The number of sulfonamides is 1. The van der Waals surface area contributed by atoms with Crippen molar-refractivity contribution in [2.75, 3.05) is 31.3 Å². The zero-order valence-electron chi connectivity index (χ0n) is 15.5. The maximum Gasteiger partial charge on any atom is 0.214 e. The first-order valence-electron chi connectivity index (χ1n) is 9.89. The Morgan fingerprint density at radius 3 is 2.92 bits per heavy atom. The maximum atomic E-state index is 12.9. The van der Waals surface area contributed by atoms with E-state index in [9.17, 15) is 8.42 Å². The number of rotatable bonds is 4. The van der Waals surface area contributed by atoms with Crippen LogP contribution in [0.1, 0.15) is 48.4 Å². The summed E-state index contributed by atoms with van der Waals surface area (Å²) in [4.78, 5) is 2.62. The van der Waals surface area contributed by atoms with Gasteiger partial charge >= 0.3 is 0 Å². The molecule has 0 spiro atoms. The van der Waals surface area contributed by atoms with Gasteiger partial charge in [0.05, 0.1) is 5.75 Å². The fourth-order valence-electron chi connectivity index (χ4n) is 5.38. The van der Waals surface area contributed by atoms with Crippen LogP contribution in [0.25, 0.3) is 0 Å². The average Bonchev–Trinajstić information content (AvgIpc) is 2.64. The van der Waals surface area contributed by atoms with Crippen LogP contribution in [0.3, 0.4) is 0 Å². The number of alkyl halides is 1. The van der Waals surface area contributed by atoms with Gasteiger partial charge in [-0.05, 0) is 61.6 Å². The first-order chi connectivity index (χ1) is 12.5. The third kappa shape index (κ3) is 3.32. The van der Waals surface area contributed by atoms with E-state index >= 15 is 0 Å². The number of hydrogen-bond acceptors (Lipinski definition) is 3. The summed E-state index contributed by atoms with van der Waals surface area (Å²) in [5.41, 5.74) is 4.26. The van der Waals surface area contributed by atoms with E-state index in [-0.39, 0.29) is 11.8 Å². The van der Waals surface area contributed by atoms with Gasteiger partial charge in [0, 0.05) is 37.6 Å². The fourth-order valence-corrected chi connectivity index (χ4v) is 7.49. The van der Waals surface area contributed by atoms with Gasteiger partial charge in [0.25, 0.3) is 0 Å².